The largest absolute Gasteiger partial charge is 0.371 e. The second-order valence-electron chi connectivity index (χ2n) is 6.75. The van der Waals surface area contributed by atoms with E-state index in [0.29, 0.717) is 5.41 Å². The van der Waals surface area contributed by atoms with Gasteiger partial charge in [-0.2, -0.15) is 0 Å². The average Bonchev–Trinajstić information content (AvgIpc) is 2.63. The zero-order valence-electron chi connectivity index (χ0n) is 11.7. The van der Waals surface area contributed by atoms with E-state index < -0.39 is 0 Å². The molecule has 1 aromatic rings. The van der Waals surface area contributed by atoms with E-state index in [-0.39, 0.29) is 0 Å². The van der Waals surface area contributed by atoms with E-state index in [1.54, 1.807) is 0 Å². The van der Waals surface area contributed by atoms with Crippen LogP contribution in [0.2, 0.25) is 0 Å². The minimum atomic E-state index is 0.372. The fourth-order valence-electron chi connectivity index (χ4n) is 2.65. The van der Waals surface area contributed by atoms with Gasteiger partial charge in [0, 0.05) is 18.8 Å². The molecular weight excluding hydrogens is 206 g/mol. The molecule has 1 saturated heterocycles. The second-order valence-corrected chi connectivity index (χ2v) is 6.75. The van der Waals surface area contributed by atoms with Gasteiger partial charge in [-0.05, 0) is 41.9 Å². The number of hydrogen-bond donors (Lipinski definition) is 0. The monoisotopic (exact) mass is 231 g/mol. The molecule has 1 nitrogen and oxygen atoms in total. The number of rotatable bonds is 2. The first kappa shape index (κ1) is 12.5. The summed E-state index contributed by atoms with van der Waals surface area (Å²) in [6.45, 7) is 11.7. The molecule has 0 N–H and O–H groups in total. The first-order chi connectivity index (χ1) is 7.94. The third-order valence-corrected chi connectivity index (χ3v) is 3.43. The van der Waals surface area contributed by atoms with Crippen molar-refractivity contribution in [3.05, 3.63) is 29.8 Å². The molecule has 1 heterocycles. The fourth-order valence-corrected chi connectivity index (χ4v) is 2.65. The molecule has 0 aromatic heterocycles. The van der Waals surface area contributed by atoms with E-state index in [4.69, 9.17) is 0 Å². The van der Waals surface area contributed by atoms with Crippen molar-refractivity contribution in [2.75, 3.05) is 18.0 Å². The summed E-state index contributed by atoms with van der Waals surface area (Å²) in [5.74, 6) is 0.848. The molecule has 0 bridgehead atoms. The Kier molecular flexibility index (Phi) is 3.46. The van der Waals surface area contributed by atoms with Crippen LogP contribution in [-0.2, 0) is 6.42 Å². The van der Waals surface area contributed by atoms with Gasteiger partial charge in [0.25, 0.3) is 0 Å². The van der Waals surface area contributed by atoms with Crippen molar-refractivity contribution < 1.29 is 0 Å². The lowest BCUT2D eigenvalue weighted by Crippen LogP contribution is -2.19. The van der Waals surface area contributed by atoms with Gasteiger partial charge in [0.2, 0.25) is 0 Å². The van der Waals surface area contributed by atoms with Gasteiger partial charge in [0.1, 0.15) is 0 Å². The highest BCUT2D eigenvalue weighted by atomic mass is 15.1. The highest BCUT2D eigenvalue weighted by Gasteiger charge is 2.19. The first-order valence-corrected chi connectivity index (χ1v) is 6.78. The Morgan fingerprint density at radius 1 is 1.29 bits per heavy atom. The highest BCUT2D eigenvalue weighted by Crippen LogP contribution is 2.27. The van der Waals surface area contributed by atoms with Crippen LogP contribution in [0.4, 0.5) is 5.69 Å². The molecule has 94 valence electrons. The molecule has 0 saturated carbocycles. The van der Waals surface area contributed by atoms with Crippen LogP contribution in [0.25, 0.3) is 0 Å². The summed E-state index contributed by atoms with van der Waals surface area (Å²) in [5.41, 5.74) is 3.25. The van der Waals surface area contributed by atoms with Gasteiger partial charge < -0.3 is 4.90 Å². The SMILES string of the molecule is CC1CCN(c2cccc(CC(C)(C)C)c2)C1. The maximum Gasteiger partial charge on any atom is 0.0369 e. The molecule has 1 fully saturated rings. The van der Waals surface area contributed by atoms with E-state index in [1.807, 2.05) is 0 Å². The molecule has 0 amide bonds. The number of hydrogen-bond acceptors (Lipinski definition) is 1. The molecule has 1 aromatic carbocycles. The van der Waals surface area contributed by atoms with Crippen LogP contribution in [0.5, 0.6) is 0 Å². The Morgan fingerprint density at radius 2 is 2.06 bits per heavy atom. The minimum absolute atomic E-state index is 0.372. The van der Waals surface area contributed by atoms with Crippen LogP contribution in [0.1, 0.15) is 39.7 Å². The molecule has 0 spiro atoms. The predicted octanol–water partition coefficient (Wildman–Crippen LogP) is 4.12. The van der Waals surface area contributed by atoms with Crippen LogP contribution in [0.3, 0.4) is 0 Å². The number of benzene rings is 1. The van der Waals surface area contributed by atoms with Crippen molar-refractivity contribution >= 4 is 5.69 Å². The smallest absolute Gasteiger partial charge is 0.0369 e. The first-order valence-electron chi connectivity index (χ1n) is 6.78. The summed E-state index contributed by atoms with van der Waals surface area (Å²) in [7, 11) is 0. The molecule has 1 unspecified atom stereocenters. The van der Waals surface area contributed by atoms with Gasteiger partial charge in [-0.25, -0.2) is 0 Å². The van der Waals surface area contributed by atoms with E-state index >= 15 is 0 Å². The van der Waals surface area contributed by atoms with Crippen molar-refractivity contribution in [1.29, 1.82) is 0 Å². The molecule has 1 aliphatic rings. The second kappa shape index (κ2) is 4.72. The minimum Gasteiger partial charge on any atom is -0.371 e. The Balaban J connectivity index is 2.11. The van der Waals surface area contributed by atoms with Gasteiger partial charge in [-0.3, -0.25) is 0 Å². The third kappa shape index (κ3) is 3.49. The molecule has 1 atom stereocenters. The topological polar surface area (TPSA) is 3.24 Å². The van der Waals surface area contributed by atoms with Gasteiger partial charge in [-0.15, -0.1) is 0 Å². The summed E-state index contributed by atoms with van der Waals surface area (Å²) >= 11 is 0. The van der Waals surface area contributed by atoms with Crippen LogP contribution < -0.4 is 4.90 Å². The lowest BCUT2D eigenvalue weighted by atomic mass is 9.88. The van der Waals surface area contributed by atoms with Crippen LogP contribution in [0, 0.1) is 11.3 Å². The Bertz CT molecular complexity index is 375. The Morgan fingerprint density at radius 3 is 2.65 bits per heavy atom. The Hall–Kier alpha value is -0.980. The van der Waals surface area contributed by atoms with Gasteiger partial charge in [-0.1, -0.05) is 39.8 Å². The number of nitrogens with zero attached hydrogens (tertiary/aromatic N) is 1. The molecule has 1 heteroatoms. The van der Waals surface area contributed by atoms with Gasteiger partial charge in [0.15, 0.2) is 0 Å². The van der Waals surface area contributed by atoms with E-state index in [9.17, 15) is 0 Å². The molecule has 0 radical (unpaired) electrons. The summed E-state index contributed by atoms with van der Waals surface area (Å²) in [6, 6.07) is 9.10. The summed E-state index contributed by atoms with van der Waals surface area (Å²) in [6.07, 6.45) is 2.49. The van der Waals surface area contributed by atoms with Crippen molar-refractivity contribution in [1.82, 2.24) is 0 Å². The maximum absolute atomic E-state index is 2.52. The number of anilines is 1. The summed E-state index contributed by atoms with van der Waals surface area (Å²) < 4.78 is 0. The third-order valence-electron chi connectivity index (χ3n) is 3.43. The predicted molar refractivity (Wildman–Crippen MR) is 75.6 cm³/mol. The van der Waals surface area contributed by atoms with Crippen molar-refractivity contribution in [3.63, 3.8) is 0 Å². The highest BCUT2D eigenvalue weighted by molar-refractivity contribution is 5.49. The van der Waals surface area contributed by atoms with Crippen molar-refractivity contribution in [3.8, 4) is 0 Å². The van der Waals surface area contributed by atoms with Crippen molar-refractivity contribution in [2.24, 2.45) is 11.3 Å². The molecule has 1 aliphatic heterocycles. The molecule has 0 aliphatic carbocycles. The van der Waals surface area contributed by atoms with Gasteiger partial charge >= 0.3 is 0 Å². The van der Waals surface area contributed by atoms with Crippen LogP contribution in [0.15, 0.2) is 24.3 Å². The lowest BCUT2D eigenvalue weighted by Gasteiger charge is -2.22. The zero-order chi connectivity index (χ0) is 12.5. The van der Waals surface area contributed by atoms with E-state index in [1.165, 1.54) is 30.8 Å². The van der Waals surface area contributed by atoms with E-state index in [0.717, 1.165) is 12.3 Å². The van der Waals surface area contributed by atoms with Crippen LogP contribution in [-0.4, -0.2) is 13.1 Å². The standard InChI is InChI=1S/C16H25N/c1-13-8-9-17(12-13)15-7-5-6-14(10-15)11-16(2,3)4/h5-7,10,13H,8-9,11-12H2,1-4H3. The van der Waals surface area contributed by atoms with Crippen molar-refractivity contribution in [2.45, 2.75) is 40.5 Å². The quantitative estimate of drug-likeness (QED) is 0.740. The lowest BCUT2D eigenvalue weighted by molar-refractivity contribution is 0.411. The van der Waals surface area contributed by atoms with Gasteiger partial charge in [0.05, 0.1) is 0 Å². The summed E-state index contributed by atoms with van der Waals surface area (Å²) in [5, 5.41) is 0. The zero-order valence-corrected chi connectivity index (χ0v) is 11.7. The van der Waals surface area contributed by atoms with Crippen LogP contribution >= 0.6 is 0 Å². The average molecular weight is 231 g/mol. The molecule has 17 heavy (non-hydrogen) atoms. The Labute approximate surface area is 106 Å². The maximum atomic E-state index is 2.52. The normalized spacial score (nSPS) is 20.9. The summed E-state index contributed by atoms with van der Waals surface area (Å²) in [4.78, 5) is 2.52. The molecular formula is C16H25N. The van der Waals surface area contributed by atoms with E-state index in [2.05, 4.69) is 56.9 Å². The fraction of sp³-hybridized carbons (Fsp3) is 0.625. The molecule has 2 rings (SSSR count).